The van der Waals surface area contributed by atoms with E-state index in [4.69, 9.17) is 0 Å². The Bertz CT molecular complexity index is 649. The number of hydrogen-bond acceptors (Lipinski definition) is 1. The van der Waals surface area contributed by atoms with E-state index in [1.807, 2.05) is 7.05 Å². The van der Waals surface area contributed by atoms with Gasteiger partial charge in [0, 0.05) is 25.6 Å². The normalized spacial score (nSPS) is 20.5. The Morgan fingerprint density at radius 2 is 1.82 bits per heavy atom. The maximum absolute atomic E-state index is 4.34. The van der Waals surface area contributed by atoms with Crippen molar-refractivity contribution in [1.29, 1.82) is 0 Å². The molecule has 3 nitrogen and oxygen atoms in total. The maximum Gasteiger partial charge on any atom is 0.191 e. The second kappa shape index (κ2) is 6.65. The molecular formula is C19H23N3. The van der Waals surface area contributed by atoms with Crippen molar-refractivity contribution >= 4 is 5.96 Å². The first-order chi connectivity index (χ1) is 10.8. The minimum Gasteiger partial charge on any atom is -0.353 e. The molecule has 0 bridgehead atoms. The lowest BCUT2D eigenvalue weighted by molar-refractivity contribution is 0.788. The van der Waals surface area contributed by atoms with E-state index >= 15 is 0 Å². The summed E-state index contributed by atoms with van der Waals surface area (Å²) in [5, 5.41) is 6.93. The van der Waals surface area contributed by atoms with Crippen molar-refractivity contribution in [2.75, 3.05) is 7.05 Å². The van der Waals surface area contributed by atoms with E-state index in [1.165, 1.54) is 23.1 Å². The number of aryl methyl sites for hydroxylation is 1. The van der Waals surface area contributed by atoms with Crippen LogP contribution in [0.3, 0.4) is 0 Å². The van der Waals surface area contributed by atoms with E-state index in [0.717, 1.165) is 12.5 Å². The molecule has 0 radical (unpaired) electrons. The molecule has 3 heteroatoms. The third-order valence-corrected chi connectivity index (χ3v) is 4.27. The fraction of sp³-hybridized carbons (Fsp3) is 0.316. The highest BCUT2D eigenvalue weighted by Crippen LogP contribution is 2.40. The van der Waals surface area contributed by atoms with Gasteiger partial charge in [-0.1, -0.05) is 54.6 Å². The Hall–Kier alpha value is -2.29. The highest BCUT2D eigenvalue weighted by Gasteiger charge is 2.38. The van der Waals surface area contributed by atoms with Gasteiger partial charge in [-0.3, -0.25) is 4.99 Å². The van der Waals surface area contributed by atoms with E-state index in [0.29, 0.717) is 12.0 Å². The van der Waals surface area contributed by atoms with E-state index in [-0.39, 0.29) is 0 Å². The van der Waals surface area contributed by atoms with Gasteiger partial charge >= 0.3 is 0 Å². The summed E-state index contributed by atoms with van der Waals surface area (Å²) in [6, 6.07) is 19.6. The van der Waals surface area contributed by atoms with Crippen molar-refractivity contribution in [2.24, 2.45) is 4.99 Å². The number of nitrogens with zero attached hydrogens (tertiary/aromatic N) is 1. The van der Waals surface area contributed by atoms with Crippen molar-refractivity contribution in [3.05, 3.63) is 71.3 Å². The molecule has 1 aliphatic rings. The predicted octanol–water partition coefficient (Wildman–Crippen LogP) is 3.22. The lowest BCUT2D eigenvalue weighted by atomic mass is 10.1. The van der Waals surface area contributed by atoms with Crippen LogP contribution in [0.25, 0.3) is 0 Å². The summed E-state index contributed by atoms with van der Waals surface area (Å²) in [6.07, 6.45) is 1.18. The fourth-order valence-electron chi connectivity index (χ4n) is 2.78. The molecule has 2 unspecified atom stereocenters. The molecule has 0 saturated heterocycles. The predicted molar refractivity (Wildman–Crippen MR) is 92.1 cm³/mol. The molecule has 1 saturated carbocycles. The lowest BCUT2D eigenvalue weighted by Gasteiger charge is -2.13. The number of benzene rings is 2. The first kappa shape index (κ1) is 14.6. The summed E-state index contributed by atoms with van der Waals surface area (Å²) in [4.78, 5) is 4.34. The van der Waals surface area contributed by atoms with Crippen LogP contribution in [0.4, 0.5) is 0 Å². The van der Waals surface area contributed by atoms with E-state index in [1.54, 1.807) is 0 Å². The van der Waals surface area contributed by atoms with Gasteiger partial charge in [-0.2, -0.15) is 0 Å². The summed E-state index contributed by atoms with van der Waals surface area (Å²) >= 11 is 0. The van der Waals surface area contributed by atoms with E-state index < -0.39 is 0 Å². The minimum absolute atomic E-state index is 0.491. The van der Waals surface area contributed by atoms with Gasteiger partial charge in [0.05, 0.1) is 0 Å². The van der Waals surface area contributed by atoms with E-state index in [2.05, 4.69) is 77.1 Å². The SMILES string of the molecule is CN=C(NCc1ccccc1C)NC1CC1c1ccccc1. The first-order valence-corrected chi connectivity index (χ1v) is 7.84. The summed E-state index contributed by atoms with van der Waals surface area (Å²) in [5.74, 6) is 1.49. The lowest BCUT2D eigenvalue weighted by Crippen LogP contribution is -2.38. The molecule has 0 aliphatic heterocycles. The quantitative estimate of drug-likeness (QED) is 0.671. The molecular weight excluding hydrogens is 270 g/mol. The zero-order chi connectivity index (χ0) is 15.4. The van der Waals surface area contributed by atoms with Crippen LogP contribution in [-0.4, -0.2) is 19.0 Å². The van der Waals surface area contributed by atoms with Gasteiger partial charge in [-0.25, -0.2) is 0 Å². The molecule has 1 fully saturated rings. The van der Waals surface area contributed by atoms with Gasteiger partial charge in [0.15, 0.2) is 5.96 Å². The third-order valence-electron chi connectivity index (χ3n) is 4.27. The second-order valence-corrected chi connectivity index (χ2v) is 5.86. The van der Waals surface area contributed by atoms with Crippen molar-refractivity contribution in [3.8, 4) is 0 Å². The Kier molecular flexibility index (Phi) is 4.42. The topological polar surface area (TPSA) is 36.4 Å². The van der Waals surface area contributed by atoms with Gasteiger partial charge in [-0.15, -0.1) is 0 Å². The van der Waals surface area contributed by atoms with Gasteiger partial charge in [-0.05, 0) is 30.0 Å². The molecule has 0 heterocycles. The second-order valence-electron chi connectivity index (χ2n) is 5.86. The molecule has 2 N–H and O–H groups in total. The molecule has 2 aromatic rings. The standard InChI is InChI=1S/C19H23N3/c1-14-8-6-7-11-16(14)13-21-19(20-2)22-18-12-17(18)15-9-4-3-5-10-15/h3-11,17-18H,12-13H2,1-2H3,(H2,20,21,22). The average Bonchev–Trinajstić information content (AvgIpc) is 3.33. The van der Waals surface area contributed by atoms with Crippen molar-refractivity contribution < 1.29 is 0 Å². The summed E-state index contributed by atoms with van der Waals surface area (Å²) in [7, 11) is 1.83. The van der Waals surface area contributed by atoms with Gasteiger partial charge < -0.3 is 10.6 Å². The molecule has 114 valence electrons. The van der Waals surface area contributed by atoms with Gasteiger partial charge in [0.1, 0.15) is 0 Å². The number of hydrogen-bond donors (Lipinski definition) is 2. The van der Waals surface area contributed by atoms with Crippen molar-refractivity contribution in [1.82, 2.24) is 10.6 Å². The highest BCUT2D eigenvalue weighted by atomic mass is 15.2. The highest BCUT2D eigenvalue weighted by molar-refractivity contribution is 5.80. The monoisotopic (exact) mass is 293 g/mol. The number of nitrogens with one attached hydrogen (secondary N) is 2. The molecule has 3 rings (SSSR count). The number of guanidine groups is 1. The van der Waals surface area contributed by atoms with Crippen molar-refractivity contribution in [2.45, 2.75) is 31.8 Å². The first-order valence-electron chi connectivity index (χ1n) is 7.84. The van der Waals surface area contributed by atoms with Gasteiger partial charge in [0.25, 0.3) is 0 Å². The largest absolute Gasteiger partial charge is 0.353 e. The Morgan fingerprint density at radius 3 is 2.55 bits per heavy atom. The molecule has 2 atom stereocenters. The van der Waals surface area contributed by atoms with Crippen LogP contribution in [0.5, 0.6) is 0 Å². The number of aliphatic imine (C=N–C) groups is 1. The smallest absolute Gasteiger partial charge is 0.191 e. The van der Waals surface area contributed by atoms with Crippen LogP contribution in [0.1, 0.15) is 29.0 Å². The van der Waals surface area contributed by atoms with Crippen LogP contribution in [0, 0.1) is 6.92 Å². The molecule has 0 aromatic heterocycles. The Labute approximate surface area is 132 Å². The summed E-state index contributed by atoms with van der Waals surface area (Å²) in [6.45, 7) is 2.94. The zero-order valence-corrected chi connectivity index (χ0v) is 13.2. The maximum atomic E-state index is 4.34. The molecule has 2 aromatic carbocycles. The van der Waals surface area contributed by atoms with Crippen LogP contribution >= 0.6 is 0 Å². The molecule has 0 amide bonds. The van der Waals surface area contributed by atoms with E-state index in [9.17, 15) is 0 Å². The minimum atomic E-state index is 0.491. The van der Waals surface area contributed by atoms with Gasteiger partial charge in [0.2, 0.25) is 0 Å². The zero-order valence-electron chi connectivity index (χ0n) is 13.2. The van der Waals surface area contributed by atoms with Crippen LogP contribution in [0.15, 0.2) is 59.6 Å². The summed E-state index contributed by atoms with van der Waals surface area (Å²) < 4.78 is 0. The Morgan fingerprint density at radius 1 is 1.09 bits per heavy atom. The van der Waals surface area contributed by atoms with Crippen molar-refractivity contribution in [3.63, 3.8) is 0 Å². The third kappa shape index (κ3) is 3.48. The van der Waals surface area contributed by atoms with Crippen LogP contribution in [-0.2, 0) is 6.54 Å². The molecule has 1 aliphatic carbocycles. The molecule has 0 spiro atoms. The average molecular weight is 293 g/mol. The number of rotatable bonds is 4. The van der Waals surface area contributed by atoms with Crippen LogP contribution in [0.2, 0.25) is 0 Å². The fourth-order valence-corrected chi connectivity index (χ4v) is 2.78. The molecule has 22 heavy (non-hydrogen) atoms. The Balaban J connectivity index is 1.53. The van der Waals surface area contributed by atoms with Crippen LogP contribution < -0.4 is 10.6 Å². The summed E-state index contributed by atoms with van der Waals surface area (Å²) in [5.41, 5.74) is 4.02.